The van der Waals surface area contributed by atoms with Gasteiger partial charge < -0.3 is 23.9 Å². The van der Waals surface area contributed by atoms with E-state index in [9.17, 15) is 14.9 Å². The van der Waals surface area contributed by atoms with Gasteiger partial charge in [-0.1, -0.05) is 0 Å². The molecule has 1 aromatic carbocycles. The molecule has 0 amide bonds. The van der Waals surface area contributed by atoms with Gasteiger partial charge in [0.15, 0.2) is 5.58 Å². The molecular formula is C22H23N3O7. The number of piperidine rings is 1. The summed E-state index contributed by atoms with van der Waals surface area (Å²) in [5, 5.41) is 14.7. The van der Waals surface area contributed by atoms with E-state index in [1.807, 2.05) is 6.07 Å². The Morgan fingerprint density at radius 3 is 2.59 bits per heavy atom. The van der Waals surface area contributed by atoms with Crippen LogP contribution in [0.3, 0.4) is 0 Å². The quantitative estimate of drug-likeness (QED) is 0.254. The number of methoxy groups -OCH3 is 2. The molecule has 32 heavy (non-hydrogen) atoms. The van der Waals surface area contributed by atoms with Gasteiger partial charge in [0.2, 0.25) is 0 Å². The molecule has 10 heteroatoms. The normalized spacial score (nSPS) is 15.4. The number of hydrogen-bond acceptors (Lipinski definition) is 9. The van der Waals surface area contributed by atoms with Crippen LogP contribution in [0.5, 0.6) is 11.6 Å². The molecule has 0 saturated carbocycles. The number of fused-ring (bicyclic) bond motifs is 1. The Labute approximate surface area is 183 Å². The average Bonchev–Trinajstić information content (AvgIpc) is 3.26. The number of benzene rings is 1. The number of nitro benzene ring substituents is 1. The number of carbonyl (C=O) groups excluding carboxylic acids is 1. The second-order valence-corrected chi connectivity index (χ2v) is 7.64. The lowest BCUT2D eigenvalue weighted by Gasteiger charge is -2.35. The van der Waals surface area contributed by atoms with Crippen molar-refractivity contribution in [1.29, 1.82) is 0 Å². The van der Waals surface area contributed by atoms with E-state index in [-0.39, 0.29) is 28.3 Å². The molecule has 4 rings (SSSR count). The smallest absolute Gasteiger partial charge is 0.345 e. The molecule has 168 valence electrons. The van der Waals surface area contributed by atoms with Crippen LogP contribution in [0.2, 0.25) is 0 Å². The highest BCUT2D eigenvalue weighted by Crippen LogP contribution is 2.40. The molecule has 1 saturated heterocycles. The van der Waals surface area contributed by atoms with Crippen LogP contribution in [-0.2, 0) is 10.2 Å². The van der Waals surface area contributed by atoms with E-state index < -0.39 is 10.9 Å². The number of nitrogens with zero attached hydrogens (tertiary/aromatic N) is 2. The molecule has 1 N–H and O–H groups in total. The maximum atomic E-state index is 12.9. The summed E-state index contributed by atoms with van der Waals surface area (Å²) in [5.41, 5.74) is 0.136. The number of esters is 1. The summed E-state index contributed by atoms with van der Waals surface area (Å²) >= 11 is 0. The lowest BCUT2D eigenvalue weighted by molar-refractivity contribution is -0.384. The molecule has 1 aliphatic rings. The van der Waals surface area contributed by atoms with Crippen LogP contribution < -0.4 is 14.8 Å². The second-order valence-electron chi connectivity index (χ2n) is 7.64. The maximum Gasteiger partial charge on any atom is 0.345 e. The van der Waals surface area contributed by atoms with Gasteiger partial charge in [0.1, 0.15) is 11.5 Å². The van der Waals surface area contributed by atoms with Crippen molar-refractivity contribution in [2.75, 3.05) is 33.9 Å². The third-order valence-corrected chi connectivity index (χ3v) is 5.70. The first-order valence-electron chi connectivity index (χ1n) is 10.1. The zero-order valence-corrected chi connectivity index (χ0v) is 17.8. The van der Waals surface area contributed by atoms with Gasteiger partial charge in [-0.3, -0.25) is 10.1 Å². The van der Waals surface area contributed by atoms with Crippen LogP contribution in [0, 0.1) is 10.1 Å². The highest BCUT2D eigenvalue weighted by molar-refractivity contribution is 6.05. The van der Waals surface area contributed by atoms with E-state index in [0.717, 1.165) is 25.9 Å². The maximum absolute atomic E-state index is 12.9. The fourth-order valence-corrected chi connectivity index (χ4v) is 4.01. The molecule has 0 radical (unpaired) electrons. The molecule has 10 nitrogen and oxygen atoms in total. The number of aromatic nitrogens is 1. The highest BCUT2D eigenvalue weighted by Gasteiger charge is 2.38. The minimum absolute atomic E-state index is 0.0943. The van der Waals surface area contributed by atoms with E-state index in [2.05, 4.69) is 10.3 Å². The van der Waals surface area contributed by atoms with Crippen molar-refractivity contribution in [1.82, 2.24) is 10.3 Å². The molecule has 3 aromatic rings. The minimum Gasteiger partial charge on any atom is -0.478 e. The Bertz CT molecular complexity index is 1130. The number of nitrogens with one attached hydrogen (secondary N) is 1. The minimum atomic E-state index is -0.655. The lowest BCUT2D eigenvalue weighted by atomic mass is 9.77. The summed E-state index contributed by atoms with van der Waals surface area (Å²) in [4.78, 5) is 27.4. The third-order valence-electron chi connectivity index (χ3n) is 5.70. The topological polar surface area (TPSA) is 126 Å². The van der Waals surface area contributed by atoms with Crippen molar-refractivity contribution in [3.63, 3.8) is 0 Å². The molecule has 1 aliphatic heterocycles. The number of ether oxygens (including phenoxy) is 3. The zero-order valence-electron chi connectivity index (χ0n) is 17.8. The van der Waals surface area contributed by atoms with E-state index in [1.54, 1.807) is 7.11 Å². The molecular weight excluding hydrogens is 418 g/mol. The van der Waals surface area contributed by atoms with Crippen molar-refractivity contribution < 1.29 is 28.3 Å². The summed E-state index contributed by atoms with van der Waals surface area (Å²) in [7, 11) is 3.13. The van der Waals surface area contributed by atoms with Crippen molar-refractivity contribution in [3.8, 4) is 11.6 Å². The summed E-state index contributed by atoms with van der Waals surface area (Å²) < 4.78 is 22.5. The molecule has 2 aromatic heterocycles. The Balaban J connectivity index is 1.71. The fraction of sp³-hybridized carbons (Fsp3) is 0.364. The number of non-ortho nitro benzene ring substituents is 1. The first-order chi connectivity index (χ1) is 15.5. The Kier molecular flexibility index (Phi) is 6.06. The van der Waals surface area contributed by atoms with Gasteiger partial charge in [0, 0.05) is 30.8 Å². The van der Waals surface area contributed by atoms with Crippen LogP contribution >= 0.6 is 0 Å². The van der Waals surface area contributed by atoms with Gasteiger partial charge in [-0.25, -0.2) is 9.78 Å². The van der Waals surface area contributed by atoms with Gasteiger partial charge in [-0.05, 0) is 44.1 Å². The first-order valence-corrected chi connectivity index (χ1v) is 10.1. The van der Waals surface area contributed by atoms with Gasteiger partial charge in [-0.15, -0.1) is 0 Å². The van der Waals surface area contributed by atoms with Crippen molar-refractivity contribution >= 4 is 22.6 Å². The number of rotatable bonds is 7. The monoisotopic (exact) mass is 441 g/mol. The largest absolute Gasteiger partial charge is 0.478 e. The standard InChI is InChI=1S/C22H23N3O7/c1-29-13-22(7-9-23-10-8-22)18-11-16-17(12-24-20(30-2)19(16)32-18)21(26)31-15-5-3-14(4-6-15)25(27)28/h3-6,11-12,23H,7-10,13H2,1-2H3. The number of carbonyl (C=O) groups is 1. The zero-order chi connectivity index (χ0) is 22.7. The molecule has 0 aliphatic carbocycles. The van der Waals surface area contributed by atoms with Gasteiger partial charge in [0.05, 0.1) is 29.6 Å². The first kappa shape index (κ1) is 21.7. The van der Waals surface area contributed by atoms with Crippen molar-refractivity contribution in [2.24, 2.45) is 0 Å². The summed E-state index contributed by atoms with van der Waals surface area (Å²) in [5.74, 6) is 0.492. The number of pyridine rings is 1. The molecule has 1 fully saturated rings. The highest BCUT2D eigenvalue weighted by atomic mass is 16.6. The predicted molar refractivity (Wildman–Crippen MR) is 114 cm³/mol. The average molecular weight is 441 g/mol. The van der Waals surface area contributed by atoms with Crippen LogP contribution in [0.25, 0.3) is 11.0 Å². The molecule has 0 unspecified atom stereocenters. The van der Waals surface area contributed by atoms with Crippen LogP contribution in [0.15, 0.2) is 40.9 Å². The van der Waals surface area contributed by atoms with E-state index in [0.29, 0.717) is 23.3 Å². The Morgan fingerprint density at radius 2 is 1.97 bits per heavy atom. The van der Waals surface area contributed by atoms with E-state index >= 15 is 0 Å². The van der Waals surface area contributed by atoms with Crippen LogP contribution in [-0.4, -0.2) is 49.8 Å². The number of hydrogen-bond donors (Lipinski definition) is 1. The number of furan rings is 1. The van der Waals surface area contributed by atoms with Gasteiger partial charge >= 0.3 is 5.97 Å². The van der Waals surface area contributed by atoms with Crippen molar-refractivity contribution in [3.05, 3.63) is 58.0 Å². The van der Waals surface area contributed by atoms with Gasteiger partial charge in [-0.2, -0.15) is 0 Å². The number of nitro groups is 1. The van der Waals surface area contributed by atoms with Gasteiger partial charge in [0.25, 0.3) is 11.6 Å². The molecule has 0 spiro atoms. The molecule has 0 atom stereocenters. The second kappa shape index (κ2) is 8.93. The van der Waals surface area contributed by atoms with Crippen LogP contribution in [0.4, 0.5) is 5.69 Å². The van der Waals surface area contributed by atoms with Crippen LogP contribution in [0.1, 0.15) is 29.0 Å². The fourth-order valence-electron chi connectivity index (χ4n) is 4.01. The predicted octanol–water partition coefficient (Wildman–Crippen LogP) is 3.23. The Morgan fingerprint density at radius 1 is 1.25 bits per heavy atom. The summed E-state index contributed by atoms with van der Waals surface area (Å²) in [6.45, 7) is 2.13. The summed E-state index contributed by atoms with van der Waals surface area (Å²) in [6, 6.07) is 7.11. The summed E-state index contributed by atoms with van der Waals surface area (Å²) in [6.07, 6.45) is 3.01. The third kappa shape index (κ3) is 4.02. The lowest BCUT2D eigenvalue weighted by Crippen LogP contribution is -2.42. The van der Waals surface area contributed by atoms with Crippen molar-refractivity contribution in [2.45, 2.75) is 18.3 Å². The van der Waals surface area contributed by atoms with E-state index in [4.69, 9.17) is 18.6 Å². The molecule has 3 heterocycles. The van der Waals surface area contributed by atoms with E-state index in [1.165, 1.54) is 37.6 Å². The molecule has 0 bridgehead atoms. The Hall–Kier alpha value is -3.50. The SMILES string of the molecule is COCC1(c2cc3c(C(=O)Oc4ccc([N+](=O)[O-])cc4)cnc(OC)c3o2)CCNCC1.